The third kappa shape index (κ3) is 4.18. The number of benzene rings is 2. The zero-order valence-electron chi connectivity index (χ0n) is 17.6. The van der Waals surface area contributed by atoms with Gasteiger partial charge in [-0.1, -0.05) is 29.8 Å². The number of rotatable bonds is 6. The van der Waals surface area contributed by atoms with Crippen LogP contribution in [0.2, 0.25) is 5.02 Å². The number of amides is 1. The van der Waals surface area contributed by atoms with Gasteiger partial charge in [-0.3, -0.25) is 4.79 Å². The molecule has 0 saturated carbocycles. The van der Waals surface area contributed by atoms with E-state index in [0.717, 1.165) is 60.5 Å². The minimum Gasteiger partial charge on any atom is -0.496 e. The molecule has 30 heavy (non-hydrogen) atoms. The maximum Gasteiger partial charge on any atom is 0.223 e. The number of carbonyl (C=O) groups is 1. The lowest BCUT2D eigenvalue weighted by molar-refractivity contribution is -0.902. The van der Waals surface area contributed by atoms with Crippen LogP contribution in [0.15, 0.2) is 48.7 Å². The highest BCUT2D eigenvalue weighted by atomic mass is 35.5. The van der Waals surface area contributed by atoms with Gasteiger partial charge in [-0.25, -0.2) is 0 Å². The van der Waals surface area contributed by atoms with Crippen molar-refractivity contribution in [2.45, 2.75) is 19.3 Å². The zero-order chi connectivity index (χ0) is 21.1. The second-order valence-corrected chi connectivity index (χ2v) is 8.35. The average Bonchev–Trinajstić information content (AvgIpc) is 3.20. The lowest BCUT2D eigenvalue weighted by Crippen LogP contribution is -3.14. The average molecular weight is 427 g/mol. The van der Waals surface area contributed by atoms with Crippen molar-refractivity contribution in [1.82, 2.24) is 9.88 Å². The van der Waals surface area contributed by atoms with E-state index in [1.54, 1.807) is 12.0 Å². The molecule has 3 aromatic rings. The molecule has 0 radical (unpaired) electrons. The summed E-state index contributed by atoms with van der Waals surface area (Å²) in [5.74, 6) is 0.877. The molecular formula is C24H29ClN3O2+. The number of halogens is 1. The molecule has 4 rings (SSSR count). The minimum atomic E-state index is -0.114. The van der Waals surface area contributed by atoms with Gasteiger partial charge in [-0.15, -0.1) is 0 Å². The summed E-state index contributed by atoms with van der Waals surface area (Å²) in [5, 5.41) is 1.73. The van der Waals surface area contributed by atoms with E-state index in [2.05, 4.69) is 18.0 Å². The van der Waals surface area contributed by atoms with Crippen molar-refractivity contribution in [2.75, 3.05) is 39.8 Å². The number of hydrogen-bond acceptors (Lipinski definition) is 2. The van der Waals surface area contributed by atoms with Crippen molar-refractivity contribution >= 4 is 28.4 Å². The first-order chi connectivity index (χ1) is 14.6. The van der Waals surface area contributed by atoms with Gasteiger partial charge < -0.3 is 19.5 Å². The summed E-state index contributed by atoms with van der Waals surface area (Å²) in [7, 11) is 1.68. The molecule has 2 aromatic carbocycles. The van der Waals surface area contributed by atoms with Crippen LogP contribution in [0.25, 0.3) is 10.9 Å². The largest absolute Gasteiger partial charge is 0.496 e. The monoisotopic (exact) mass is 426 g/mol. The first-order valence-electron chi connectivity index (χ1n) is 10.6. The van der Waals surface area contributed by atoms with Gasteiger partial charge in [-0.05, 0) is 36.8 Å². The van der Waals surface area contributed by atoms with Crippen LogP contribution in [-0.4, -0.2) is 55.6 Å². The van der Waals surface area contributed by atoms with Crippen molar-refractivity contribution in [2.24, 2.45) is 0 Å². The molecule has 158 valence electrons. The van der Waals surface area contributed by atoms with E-state index in [0.29, 0.717) is 11.4 Å². The molecule has 2 heterocycles. The number of para-hydroxylation sites is 1. The Morgan fingerprint density at radius 1 is 1.20 bits per heavy atom. The minimum absolute atomic E-state index is 0.114. The predicted octanol–water partition coefficient (Wildman–Crippen LogP) is 3.10. The third-order valence-electron chi connectivity index (χ3n) is 6.27. The van der Waals surface area contributed by atoms with E-state index in [9.17, 15) is 4.79 Å². The number of nitrogens with one attached hydrogen (secondary N) is 2. The van der Waals surface area contributed by atoms with Crippen LogP contribution in [0.4, 0.5) is 0 Å². The van der Waals surface area contributed by atoms with Gasteiger partial charge in [-0.2, -0.15) is 0 Å². The first kappa shape index (κ1) is 20.8. The number of H-pyrrole nitrogens is 1. The highest BCUT2D eigenvalue weighted by Gasteiger charge is 2.29. The molecule has 1 atom stereocenters. The van der Waals surface area contributed by atoms with Gasteiger partial charge in [0.15, 0.2) is 0 Å². The maximum atomic E-state index is 13.3. The number of aromatic amines is 1. The van der Waals surface area contributed by atoms with E-state index in [1.807, 2.05) is 47.5 Å². The number of methoxy groups -OCH3 is 1. The fraction of sp³-hybridized carbons (Fsp3) is 0.375. The van der Waals surface area contributed by atoms with Crippen molar-refractivity contribution in [3.8, 4) is 5.75 Å². The van der Waals surface area contributed by atoms with Crippen LogP contribution in [-0.2, 0) is 4.79 Å². The highest BCUT2D eigenvalue weighted by Crippen LogP contribution is 2.38. The Kier molecular flexibility index (Phi) is 6.30. The number of hydrogen-bond donors (Lipinski definition) is 2. The molecule has 1 aromatic heterocycles. The van der Waals surface area contributed by atoms with Gasteiger partial charge in [0.25, 0.3) is 0 Å². The molecule has 0 aliphatic carbocycles. The number of fused-ring (bicyclic) bond motifs is 1. The maximum absolute atomic E-state index is 13.3. The number of piperazine rings is 1. The Bertz CT molecular complexity index is 1020. The van der Waals surface area contributed by atoms with Crippen LogP contribution < -0.4 is 9.64 Å². The summed E-state index contributed by atoms with van der Waals surface area (Å²) in [5.41, 5.74) is 3.11. The number of nitrogens with zero attached hydrogens (tertiary/aromatic N) is 1. The standard InChI is InChI=1S/C24H28ClN3O2/c1-3-27-10-12-28(13-11-27)24(29)15-19(18-6-4-5-7-23(18)30-2)21-16-26-22-9-8-17(25)14-20(21)22/h4-9,14,16,19,26H,3,10-13,15H2,1-2H3/p+1/t19-/m0/s1. The summed E-state index contributed by atoms with van der Waals surface area (Å²) in [4.78, 5) is 20.2. The van der Waals surface area contributed by atoms with Crippen LogP contribution in [0.5, 0.6) is 5.75 Å². The summed E-state index contributed by atoms with van der Waals surface area (Å²) in [6.45, 7) is 6.99. The van der Waals surface area contributed by atoms with Crippen molar-refractivity contribution in [1.29, 1.82) is 0 Å². The Morgan fingerprint density at radius 3 is 2.70 bits per heavy atom. The molecule has 1 aliphatic heterocycles. The molecule has 1 saturated heterocycles. The van der Waals surface area contributed by atoms with Crippen LogP contribution in [0, 0.1) is 0 Å². The molecule has 0 spiro atoms. The summed E-state index contributed by atoms with van der Waals surface area (Å²) >= 11 is 6.30. The van der Waals surface area contributed by atoms with Gasteiger partial charge in [0.1, 0.15) is 5.75 Å². The lowest BCUT2D eigenvalue weighted by atomic mass is 9.87. The van der Waals surface area contributed by atoms with Crippen LogP contribution in [0.3, 0.4) is 0 Å². The molecule has 0 bridgehead atoms. The quantitative estimate of drug-likeness (QED) is 0.636. The first-order valence-corrected chi connectivity index (χ1v) is 11.0. The predicted molar refractivity (Wildman–Crippen MR) is 121 cm³/mol. The third-order valence-corrected chi connectivity index (χ3v) is 6.50. The number of aromatic nitrogens is 1. The van der Waals surface area contributed by atoms with Gasteiger partial charge >= 0.3 is 0 Å². The van der Waals surface area contributed by atoms with E-state index >= 15 is 0 Å². The van der Waals surface area contributed by atoms with Gasteiger partial charge in [0, 0.05) is 40.0 Å². The lowest BCUT2D eigenvalue weighted by Gasteiger charge is -2.32. The fourth-order valence-electron chi connectivity index (χ4n) is 4.47. The SMILES string of the molecule is CC[NH+]1CCN(C(=O)C[C@@H](c2ccccc2OC)c2c[nH]c3ccc(Cl)cc23)CC1. The van der Waals surface area contributed by atoms with Gasteiger partial charge in [0.05, 0.1) is 39.8 Å². The summed E-state index contributed by atoms with van der Waals surface area (Å²) < 4.78 is 5.65. The molecule has 5 nitrogen and oxygen atoms in total. The van der Waals surface area contributed by atoms with E-state index in [1.165, 1.54) is 0 Å². The number of ether oxygens (including phenoxy) is 1. The molecule has 1 amide bonds. The second-order valence-electron chi connectivity index (χ2n) is 7.92. The van der Waals surface area contributed by atoms with E-state index in [-0.39, 0.29) is 11.8 Å². The Hall–Kier alpha value is -2.50. The fourth-order valence-corrected chi connectivity index (χ4v) is 4.65. The Labute approximate surface area is 182 Å². The number of likely N-dealkylation sites (N-methyl/N-ethyl adjacent to an activating group) is 1. The normalized spacial score (nSPS) is 16.0. The number of quaternary nitrogens is 1. The smallest absolute Gasteiger partial charge is 0.223 e. The van der Waals surface area contributed by atoms with Crippen molar-refractivity contribution in [3.63, 3.8) is 0 Å². The summed E-state index contributed by atoms with van der Waals surface area (Å²) in [6.07, 6.45) is 2.41. The molecule has 2 N–H and O–H groups in total. The number of carbonyl (C=O) groups excluding carboxylic acids is 1. The zero-order valence-corrected chi connectivity index (χ0v) is 18.3. The van der Waals surface area contributed by atoms with Gasteiger partial charge in [0.2, 0.25) is 5.91 Å². The molecule has 0 unspecified atom stereocenters. The molecule has 1 fully saturated rings. The molecular weight excluding hydrogens is 398 g/mol. The Balaban J connectivity index is 1.69. The van der Waals surface area contributed by atoms with E-state index in [4.69, 9.17) is 16.3 Å². The topological polar surface area (TPSA) is 49.8 Å². The highest BCUT2D eigenvalue weighted by molar-refractivity contribution is 6.31. The Morgan fingerprint density at radius 2 is 1.97 bits per heavy atom. The van der Waals surface area contributed by atoms with E-state index < -0.39 is 0 Å². The molecule has 6 heteroatoms. The van der Waals surface area contributed by atoms with Crippen molar-refractivity contribution in [3.05, 3.63) is 64.8 Å². The summed E-state index contributed by atoms with van der Waals surface area (Å²) in [6, 6.07) is 13.8. The van der Waals surface area contributed by atoms with Crippen molar-refractivity contribution < 1.29 is 14.4 Å². The molecule has 1 aliphatic rings. The second kappa shape index (κ2) is 9.11. The van der Waals surface area contributed by atoms with Crippen LogP contribution in [0.1, 0.15) is 30.4 Å². The van der Waals surface area contributed by atoms with Crippen LogP contribution >= 0.6 is 11.6 Å².